The Morgan fingerprint density at radius 1 is 1.04 bits per heavy atom. The molecular weight excluding hydrogens is 328 g/mol. The lowest BCUT2D eigenvalue weighted by atomic mass is 10.0. The second-order valence-electron chi connectivity index (χ2n) is 6.56. The van der Waals surface area contributed by atoms with Gasteiger partial charge in [0.25, 0.3) is 0 Å². The van der Waals surface area contributed by atoms with E-state index in [9.17, 15) is 0 Å². The van der Waals surface area contributed by atoms with Crippen LogP contribution in [0.15, 0.2) is 60.9 Å². The Hall–Kier alpha value is -2.19. The van der Waals surface area contributed by atoms with Crippen LogP contribution in [-0.4, -0.2) is 4.57 Å². The second-order valence-corrected chi connectivity index (χ2v) is 6.97. The fourth-order valence-corrected chi connectivity index (χ4v) is 3.29. The van der Waals surface area contributed by atoms with Crippen LogP contribution >= 0.6 is 11.6 Å². The summed E-state index contributed by atoms with van der Waals surface area (Å²) in [4.78, 5) is 0. The predicted octanol–water partition coefficient (Wildman–Crippen LogP) is 6.37. The number of halogens is 1. The van der Waals surface area contributed by atoms with Gasteiger partial charge < -0.3 is 9.88 Å². The van der Waals surface area contributed by atoms with Crippen LogP contribution in [0.4, 0.5) is 5.69 Å². The van der Waals surface area contributed by atoms with Crippen molar-refractivity contribution < 1.29 is 0 Å². The molecule has 2 aromatic carbocycles. The van der Waals surface area contributed by atoms with Gasteiger partial charge in [-0.05, 0) is 66.8 Å². The van der Waals surface area contributed by atoms with E-state index in [0.717, 1.165) is 23.6 Å². The number of aromatic nitrogens is 1. The van der Waals surface area contributed by atoms with Gasteiger partial charge in [-0.3, -0.25) is 0 Å². The van der Waals surface area contributed by atoms with Gasteiger partial charge in [0.2, 0.25) is 0 Å². The van der Waals surface area contributed by atoms with Crippen LogP contribution in [0.1, 0.15) is 41.6 Å². The molecular formula is C22H25ClN2. The summed E-state index contributed by atoms with van der Waals surface area (Å²) < 4.78 is 2.20. The minimum Gasteiger partial charge on any atom is -0.378 e. The van der Waals surface area contributed by atoms with Crippen molar-refractivity contribution in [3.8, 4) is 0 Å². The molecule has 1 heterocycles. The molecule has 1 aromatic heterocycles. The molecule has 3 aromatic rings. The van der Waals surface area contributed by atoms with Gasteiger partial charge in [-0.15, -0.1) is 0 Å². The lowest BCUT2D eigenvalue weighted by Crippen LogP contribution is -2.12. The molecule has 0 radical (unpaired) electrons. The number of benzene rings is 2. The zero-order valence-corrected chi connectivity index (χ0v) is 15.8. The summed E-state index contributed by atoms with van der Waals surface area (Å²) in [7, 11) is 0. The molecule has 1 N–H and O–H groups in total. The summed E-state index contributed by atoms with van der Waals surface area (Å²) in [6, 6.07) is 17.2. The van der Waals surface area contributed by atoms with Crippen LogP contribution in [0.25, 0.3) is 0 Å². The van der Waals surface area contributed by atoms with E-state index in [1.165, 1.54) is 22.4 Å². The summed E-state index contributed by atoms with van der Waals surface area (Å²) in [5.74, 6) is 0. The maximum absolute atomic E-state index is 6.18. The third-order valence-electron chi connectivity index (χ3n) is 4.79. The van der Waals surface area contributed by atoms with Crippen molar-refractivity contribution in [1.82, 2.24) is 4.57 Å². The first-order valence-electron chi connectivity index (χ1n) is 8.80. The van der Waals surface area contributed by atoms with Crippen LogP contribution < -0.4 is 5.32 Å². The number of hydrogen-bond acceptors (Lipinski definition) is 1. The fraction of sp³-hybridized carbons (Fsp3) is 0.273. The van der Waals surface area contributed by atoms with Crippen molar-refractivity contribution in [1.29, 1.82) is 0 Å². The minimum absolute atomic E-state index is 0.275. The highest BCUT2D eigenvalue weighted by Crippen LogP contribution is 2.29. The average molecular weight is 353 g/mol. The molecule has 0 bridgehead atoms. The Labute approximate surface area is 155 Å². The topological polar surface area (TPSA) is 17.0 Å². The first-order valence-corrected chi connectivity index (χ1v) is 9.18. The maximum Gasteiger partial charge on any atom is 0.0511 e. The molecule has 0 saturated carbocycles. The quantitative estimate of drug-likeness (QED) is 0.545. The van der Waals surface area contributed by atoms with E-state index in [0.29, 0.717) is 0 Å². The molecule has 3 heteroatoms. The number of aryl methyl sites for hydroxylation is 1. The molecule has 0 aliphatic heterocycles. The molecule has 0 saturated heterocycles. The van der Waals surface area contributed by atoms with Crippen molar-refractivity contribution in [2.45, 2.75) is 39.8 Å². The largest absolute Gasteiger partial charge is 0.378 e. The number of nitrogens with zero attached hydrogens (tertiary/aromatic N) is 1. The SMILES string of the molecule is CCC(Nc1cccc(Cn2cccc2)c1C)c1ccc(Cl)c(C)c1. The van der Waals surface area contributed by atoms with Crippen molar-refractivity contribution in [2.24, 2.45) is 0 Å². The highest BCUT2D eigenvalue weighted by Gasteiger charge is 2.13. The molecule has 1 unspecified atom stereocenters. The zero-order chi connectivity index (χ0) is 17.8. The summed E-state index contributed by atoms with van der Waals surface area (Å²) in [6.07, 6.45) is 5.22. The molecule has 2 nitrogen and oxygen atoms in total. The molecule has 0 aliphatic rings. The van der Waals surface area contributed by atoms with Gasteiger partial charge in [0.05, 0.1) is 6.04 Å². The molecule has 0 spiro atoms. The van der Waals surface area contributed by atoms with Crippen LogP contribution in [0.5, 0.6) is 0 Å². The summed E-state index contributed by atoms with van der Waals surface area (Å²) in [5.41, 5.74) is 6.24. The molecule has 25 heavy (non-hydrogen) atoms. The number of nitrogens with one attached hydrogen (secondary N) is 1. The second kappa shape index (κ2) is 7.79. The number of hydrogen-bond donors (Lipinski definition) is 1. The third-order valence-corrected chi connectivity index (χ3v) is 5.21. The Balaban J connectivity index is 1.84. The minimum atomic E-state index is 0.275. The predicted molar refractivity (Wildman–Crippen MR) is 108 cm³/mol. The van der Waals surface area contributed by atoms with Crippen LogP contribution in [0, 0.1) is 13.8 Å². The van der Waals surface area contributed by atoms with Gasteiger partial charge in [-0.1, -0.05) is 42.8 Å². The monoisotopic (exact) mass is 352 g/mol. The molecule has 0 aliphatic carbocycles. The molecule has 1 atom stereocenters. The Kier molecular flexibility index (Phi) is 5.50. The van der Waals surface area contributed by atoms with Crippen LogP contribution in [0.2, 0.25) is 5.02 Å². The van der Waals surface area contributed by atoms with Gasteiger partial charge in [-0.2, -0.15) is 0 Å². The maximum atomic E-state index is 6.18. The lowest BCUT2D eigenvalue weighted by Gasteiger charge is -2.22. The van der Waals surface area contributed by atoms with E-state index < -0.39 is 0 Å². The van der Waals surface area contributed by atoms with Crippen molar-refractivity contribution in [2.75, 3.05) is 5.32 Å². The highest BCUT2D eigenvalue weighted by atomic mass is 35.5. The van der Waals surface area contributed by atoms with Gasteiger partial charge in [0.1, 0.15) is 0 Å². The molecule has 0 amide bonds. The summed E-state index contributed by atoms with van der Waals surface area (Å²) >= 11 is 6.18. The van der Waals surface area contributed by atoms with Gasteiger partial charge >= 0.3 is 0 Å². The number of rotatable bonds is 6. The lowest BCUT2D eigenvalue weighted by molar-refractivity contribution is 0.745. The average Bonchev–Trinajstić information content (AvgIpc) is 3.11. The van der Waals surface area contributed by atoms with Crippen LogP contribution in [0.3, 0.4) is 0 Å². The summed E-state index contributed by atoms with van der Waals surface area (Å²) in [6.45, 7) is 7.36. The zero-order valence-electron chi connectivity index (χ0n) is 15.1. The van der Waals surface area contributed by atoms with Gasteiger partial charge in [-0.25, -0.2) is 0 Å². The molecule has 3 rings (SSSR count). The van der Waals surface area contributed by atoms with Crippen molar-refractivity contribution in [3.05, 3.63) is 88.2 Å². The Morgan fingerprint density at radius 3 is 2.48 bits per heavy atom. The van der Waals surface area contributed by atoms with Gasteiger partial charge in [0, 0.05) is 29.6 Å². The fourth-order valence-electron chi connectivity index (χ4n) is 3.18. The van der Waals surface area contributed by atoms with E-state index in [4.69, 9.17) is 11.6 Å². The Bertz CT molecular complexity index is 837. The summed E-state index contributed by atoms with van der Waals surface area (Å²) in [5, 5.41) is 4.55. The van der Waals surface area contributed by atoms with E-state index in [2.05, 4.69) is 85.5 Å². The van der Waals surface area contributed by atoms with Crippen molar-refractivity contribution >= 4 is 17.3 Å². The first kappa shape index (κ1) is 17.6. The number of anilines is 1. The van der Waals surface area contributed by atoms with E-state index in [-0.39, 0.29) is 6.04 Å². The highest BCUT2D eigenvalue weighted by molar-refractivity contribution is 6.31. The Morgan fingerprint density at radius 2 is 1.80 bits per heavy atom. The standard InChI is InChI=1S/C22H25ClN2/c1-4-21(18-10-11-20(23)16(2)14-18)24-22-9-7-8-19(17(22)3)15-25-12-5-6-13-25/h5-14,21,24H,4,15H2,1-3H3. The smallest absolute Gasteiger partial charge is 0.0511 e. The molecule has 0 fully saturated rings. The van der Waals surface area contributed by atoms with Gasteiger partial charge in [0.15, 0.2) is 0 Å². The van der Waals surface area contributed by atoms with Crippen LogP contribution in [-0.2, 0) is 6.54 Å². The third kappa shape index (κ3) is 4.08. The van der Waals surface area contributed by atoms with Crippen molar-refractivity contribution in [3.63, 3.8) is 0 Å². The van der Waals surface area contributed by atoms with E-state index in [1.54, 1.807) is 0 Å². The first-order chi connectivity index (χ1) is 12.1. The normalized spacial score (nSPS) is 12.2. The van der Waals surface area contributed by atoms with E-state index in [1.807, 2.05) is 6.07 Å². The van der Waals surface area contributed by atoms with E-state index >= 15 is 0 Å². The molecule has 130 valence electrons.